The summed E-state index contributed by atoms with van der Waals surface area (Å²) >= 11 is 7.18. The van der Waals surface area contributed by atoms with Gasteiger partial charge in [0.1, 0.15) is 17.2 Å². The third kappa shape index (κ3) is 3.00. The van der Waals surface area contributed by atoms with E-state index < -0.39 is 0 Å². The molecule has 6 nitrogen and oxygen atoms in total. The van der Waals surface area contributed by atoms with Crippen molar-refractivity contribution >= 4 is 44.9 Å². The van der Waals surface area contributed by atoms with Gasteiger partial charge in [0.25, 0.3) is 5.56 Å². The van der Waals surface area contributed by atoms with Crippen LogP contribution in [0, 0.1) is 6.92 Å². The molecule has 0 aliphatic heterocycles. The maximum absolute atomic E-state index is 12.3. The van der Waals surface area contributed by atoms with Crippen molar-refractivity contribution in [2.45, 2.75) is 13.5 Å². The van der Waals surface area contributed by atoms with Gasteiger partial charge in [0, 0.05) is 11.1 Å². The first-order chi connectivity index (χ1) is 10.5. The zero-order valence-electron chi connectivity index (χ0n) is 11.5. The lowest BCUT2D eigenvalue weighted by atomic mass is 10.3. The third-order valence-electron chi connectivity index (χ3n) is 2.95. The highest BCUT2D eigenvalue weighted by Gasteiger charge is 2.10. The van der Waals surface area contributed by atoms with E-state index in [9.17, 15) is 9.59 Å². The second-order valence-electron chi connectivity index (χ2n) is 4.66. The fraction of sp³-hybridized carbons (Fsp3) is 0.143. The molecule has 0 spiro atoms. The lowest BCUT2D eigenvalue weighted by Crippen LogP contribution is -2.27. The monoisotopic (exact) mass is 334 g/mol. The van der Waals surface area contributed by atoms with Crippen LogP contribution in [0.4, 0.5) is 5.82 Å². The molecule has 0 aliphatic rings. The Morgan fingerprint density at radius 2 is 2.23 bits per heavy atom. The molecule has 0 saturated heterocycles. The van der Waals surface area contributed by atoms with Crippen LogP contribution in [0.25, 0.3) is 10.2 Å². The van der Waals surface area contributed by atoms with Gasteiger partial charge in [-0.2, -0.15) is 0 Å². The highest BCUT2D eigenvalue weighted by atomic mass is 35.5. The SMILES string of the molecule is Cc1cc2c(=O)n(CC(=O)Nc3ccc(Cl)cn3)cnc2s1. The van der Waals surface area contributed by atoms with Gasteiger partial charge >= 0.3 is 0 Å². The maximum atomic E-state index is 12.3. The molecule has 1 N–H and O–H groups in total. The van der Waals surface area contributed by atoms with Crippen molar-refractivity contribution in [3.05, 3.63) is 51.0 Å². The van der Waals surface area contributed by atoms with E-state index in [4.69, 9.17) is 11.6 Å². The molecule has 3 rings (SSSR count). The average molecular weight is 335 g/mol. The average Bonchev–Trinajstić information content (AvgIpc) is 2.86. The summed E-state index contributed by atoms with van der Waals surface area (Å²) in [6.07, 6.45) is 2.82. The number of anilines is 1. The Bertz CT molecular complexity index is 901. The smallest absolute Gasteiger partial charge is 0.262 e. The van der Waals surface area contributed by atoms with Crippen molar-refractivity contribution in [3.8, 4) is 0 Å². The number of carbonyl (C=O) groups excluding carboxylic acids is 1. The molecule has 3 aromatic rings. The molecule has 112 valence electrons. The minimum absolute atomic E-state index is 0.124. The molecule has 8 heteroatoms. The standard InChI is InChI=1S/C14H11ClN4O2S/c1-8-4-10-13(22-8)17-7-19(14(10)21)6-12(20)18-11-3-2-9(15)5-16-11/h2-5,7H,6H2,1H3,(H,16,18,20). The molecule has 3 heterocycles. The molecule has 3 aromatic heterocycles. The van der Waals surface area contributed by atoms with Crippen molar-refractivity contribution in [1.29, 1.82) is 0 Å². The quantitative estimate of drug-likeness (QED) is 0.798. The van der Waals surface area contributed by atoms with Gasteiger partial charge in [0.05, 0.1) is 16.7 Å². The maximum Gasteiger partial charge on any atom is 0.262 e. The fourth-order valence-electron chi connectivity index (χ4n) is 1.98. The fourth-order valence-corrected chi connectivity index (χ4v) is 2.93. The van der Waals surface area contributed by atoms with Crippen LogP contribution in [-0.2, 0) is 11.3 Å². The van der Waals surface area contributed by atoms with E-state index in [-0.39, 0.29) is 18.0 Å². The zero-order chi connectivity index (χ0) is 15.7. The normalized spacial score (nSPS) is 10.8. The first-order valence-corrected chi connectivity index (χ1v) is 7.59. The molecule has 0 radical (unpaired) electrons. The summed E-state index contributed by atoms with van der Waals surface area (Å²) in [6, 6.07) is 5.00. The summed E-state index contributed by atoms with van der Waals surface area (Å²) in [5, 5.41) is 3.62. The van der Waals surface area contributed by atoms with Crippen molar-refractivity contribution in [3.63, 3.8) is 0 Å². The van der Waals surface area contributed by atoms with Crippen molar-refractivity contribution < 1.29 is 4.79 Å². The number of amides is 1. The molecule has 0 aromatic carbocycles. The topological polar surface area (TPSA) is 76.9 Å². The molecule has 0 atom stereocenters. The lowest BCUT2D eigenvalue weighted by Gasteiger charge is -2.06. The molecule has 0 saturated carbocycles. The predicted molar refractivity (Wildman–Crippen MR) is 86.5 cm³/mol. The van der Waals surface area contributed by atoms with Gasteiger partial charge in [-0.05, 0) is 25.1 Å². The van der Waals surface area contributed by atoms with E-state index >= 15 is 0 Å². The van der Waals surface area contributed by atoms with E-state index in [0.29, 0.717) is 21.1 Å². The second-order valence-corrected chi connectivity index (χ2v) is 6.33. The number of carbonyl (C=O) groups is 1. The Hall–Kier alpha value is -2.25. The van der Waals surface area contributed by atoms with E-state index in [1.807, 2.05) is 6.92 Å². The second kappa shape index (κ2) is 5.86. The predicted octanol–water partition coefficient (Wildman–Crippen LogP) is 2.45. The summed E-state index contributed by atoms with van der Waals surface area (Å²) < 4.78 is 1.28. The first-order valence-electron chi connectivity index (χ1n) is 6.40. The number of fused-ring (bicyclic) bond motifs is 1. The number of aromatic nitrogens is 3. The minimum atomic E-state index is -0.356. The molecule has 0 fully saturated rings. The summed E-state index contributed by atoms with van der Waals surface area (Å²) in [5.74, 6) is 0.0212. The Balaban J connectivity index is 1.80. The number of nitrogens with one attached hydrogen (secondary N) is 1. The molecule has 0 unspecified atom stereocenters. The van der Waals surface area contributed by atoms with E-state index in [2.05, 4.69) is 15.3 Å². The minimum Gasteiger partial charge on any atom is -0.309 e. The van der Waals surface area contributed by atoms with Crippen LogP contribution < -0.4 is 10.9 Å². The number of hydrogen-bond acceptors (Lipinski definition) is 5. The van der Waals surface area contributed by atoms with Crippen LogP contribution in [-0.4, -0.2) is 20.4 Å². The van der Waals surface area contributed by atoms with Gasteiger partial charge in [-0.25, -0.2) is 9.97 Å². The molecule has 0 aliphatic carbocycles. The van der Waals surface area contributed by atoms with E-state index in [1.54, 1.807) is 18.2 Å². The van der Waals surface area contributed by atoms with Crippen molar-refractivity contribution in [2.75, 3.05) is 5.32 Å². The summed E-state index contributed by atoms with van der Waals surface area (Å²) in [7, 11) is 0. The van der Waals surface area contributed by atoms with Gasteiger partial charge in [0.15, 0.2) is 0 Å². The number of thiophene rings is 1. The van der Waals surface area contributed by atoms with E-state index in [1.165, 1.54) is 28.4 Å². The molecular formula is C14H11ClN4O2S. The van der Waals surface area contributed by atoms with Gasteiger partial charge in [-0.3, -0.25) is 14.2 Å². The largest absolute Gasteiger partial charge is 0.309 e. The Morgan fingerprint density at radius 1 is 1.41 bits per heavy atom. The number of nitrogens with zero attached hydrogens (tertiary/aromatic N) is 3. The van der Waals surface area contributed by atoms with Crippen molar-refractivity contribution in [2.24, 2.45) is 0 Å². The van der Waals surface area contributed by atoms with Gasteiger partial charge in [0.2, 0.25) is 5.91 Å². The van der Waals surface area contributed by atoms with Crippen LogP contribution >= 0.6 is 22.9 Å². The molecule has 22 heavy (non-hydrogen) atoms. The van der Waals surface area contributed by atoms with Crippen LogP contribution in [0.1, 0.15) is 4.88 Å². The summed E-state index contributed by atoms with van der Waals surface area (Å²) in [4.78, 5) is 34.1. The summed E-state index contributed by atoms with van der Waals surface area (Å²) in [6.45, 7) is 1.79. The van der Waals surface area contributed by atoms with Gasteiger partial charge < -0.3 is 5.32 Å². The Labute approximate surface area is 134 Å². The van der Waals surface area contributed by atoms with Crippen molar-refractivity contribution in [1.82, 2.24) is 14.5 Å². The van der Waals surface area contributed by atoms with Gasteiger partial charge in [-0.1, -0.05) is 11.6 Å². The summed E-state index contributed by atoms with van der Waals surface area (Å²) in [5.41, 5.74) is -0.228. The highest BCUT2D eigenvalue weighted by Crippen LogP contribution is 2.19. The third-order valence-corrected chi connectivity index (χ3v) is 4.13. The van der Waals surface area contributed by atoms with Gasteiger partial charge in [-0.15, -0.1) is 11.3 Å². The number of hydrogen-bond donors (Lipinski definition) is 1. The Kier molecular flexibility index (Phi) is 3.91. The highest BCUT2D eigenvalue weighted by molar-refractivity contribution is 7.18. The Morgan fingerprint density at radius 3 is 2.95 bits per heavy atom. The number of rotatable bonds is 3. The number of halogens is 1. The molecular weight excluding hydrogens is 324 g/mol. The first kappa shape index (κ1) is 14.7. The van der Waals surface area contributed by atoms with Crippen LogP contribution in [0.3, 0.4) is 0 Å². The van der Waals surface area contributed by atoms with Crippen LogP contribution in [0.2, 0.25) is 5.02 Å². The van der Waals surface area contributed by atoms with Crippen LogP contribution in [0.15, 0.2) is 35.5 Å². The zero-order valence-corrected chi connectivity index (χ0v) is 13.1. The lowest BCUT2D eigenvalue weighted by molar-refractivity contribution is -0.116. The van der Waals surface area contributed by atoms with E-state index in [0.717, 1.165) is 4.88 Å². The molecule has 0 bridgehead atoms. The molecule has 1 amide bonds. The number of aryl methyl sites for hydroxylation is 1. The van der Waals surface area contributed by atoms with Crippen LogP contribution in [0.5, 0.6) is 0 Å². The number of pyridine rings is 1.